The predicted octanol–water partition coefficient (Wildman–Crippen LogP) is 5.46. The van der Waals surface area contributed by atoms with Crippen LogP contribution in [-0.4, -0.2) is 73.6 Å². The van der Waals surface area contributed by atoms with E-state index in [2.05, 4.69) is 10.6 Å². The average Bonchev–Trinajstić information content (AvgIpc) is 3.15. The van der Waals surface area contributed by atoms with Crippen LogP contribution in [0.2, 0.25) is 0 Å². The van der Waals surface area contributed by atoms with Gasteiger partial charge in [0.15, 0.2) is 0 Å². The standard InChI is InChI=1S/C37H39N5O7S/c1-25-22-42(26(2)24-43)36(44)20-28-19-30(40-37(45)39-29-11-9-27(21-38)10-12-29)13-18-34(28)49-35(25)23-41(3)50(46,47)33-16-14-32(15-17-33)48-31-7-5-4-6-8-31/h4-19,25-26,35,43H,20,22-24H2,1-3H3,(H2,39,40,45)/t25-,26-,35-/m0/s1. The number of benzene rings is 4. The molecule has 0 saturated heterocycles. The summed E-state index contributed by atoms with van der Waals surface area (Å²) in [6, 6.07) is 27.7. The number of nitriles is 1. The minimum Gasteiger partial charge on any atom is -0.488 e. The Kier molecular flexibility index (Phi) is 11.4. The summed E-state index contributed by atoms with van der Waals surface area (Å²) in [6.45, 7) is 3.54. The lowest BCUT2D eigenvalue weighted by Crippen LogP contribution is -2.48. The smallest absolute Gasteiger partial charge is 0.323 e. The summed E-state index contributed by atoms with van der Waals surface area (Å²) in [5, 5.41) is 24.4. The molecule has 0 unspecified atom stereocenters. The SMILES string of the molecule is C[C@H]1CN([C@@H](C)CO)C(=O)Cc2cc(NC(=O)Nc3ccc(C#N)cc3)ccc2O[C@H]1CN(C)S(=O)(=O)c1ccc(Oc2ccccc2)cc1. The van der Waals surface area contributed by atoms with Crippen molar-refractivity contribution in [1.82, 2.24) is 9.21 Å². The summed E-state index contributed by atoms with van der Waals surface area (Å²) < 4.78 is 40.9. The number of sulfonamides is 1. The fraction of sp³-hybridized carbons (Fsp3) is 0.270. The largest absolute Gasteiger partial charge is 0.488 e. The zero-order valence-corrected chi connectivity index (χ0v) is 28.8. The molecule has 1 aliphatic heterocycles. The first-order valence-corrected chi connectivity index (χ1v) is 17.5. The molecule has 0 spiro atoms. The van der Waals surface area contributed by atoms with Crippen LogP contribution in [0.4, 0.5) is 16.2 Å². The van der Waals surface area contributed by atoms with E-state index < -0.39 is 28.2 Å². The monoisotopic (exact) mass is 697 g/mol. The van der Waals surface area contributed by atoms with Crippen LogP contribution in [0.15, 0.2) is 102 Å². The maximum Gasteiger partial charge on any atom is 0.323 e. The minimum absolute atomic E-state index is 0.0340. The van der Waals surface area contributed by atoms with Gasteiger partial charge in [-0.3, -0.25) is 4.79 Å². The summed E-state index contributed by atoms with van der Waals surface area (Å²) in [4.78, 5) is 28.0. The molecule has 1 heterocycles. The normalized spacial score (nSPS) is 16.9. The molecular formula is C37H39N5O7S. The van der Waals surface area contributed by atoms with Crippen molar-refractivity contribution in [3.05, 3.63) is 108 Å². The van der Waals surface area contributed by atoms with Gasteiger partial charge in [-0.05, 0) is 85.8 Å². The van der Waals surface area contributed by atoms with E-state index in [4.69, 9.17) is 14.7 Å². The second-order valence-corrected chi connectivity index (χ2v) is 14.2. The van der Waals surface area contributed by atoms with Crippen molar-refractivity contribution in [2.75, 3.05) is 37.4 Å². The second-order valence-electron chi connectivity index (χ2n) is 12.2. The Labute approximate surface area is 291 Å². The molecule has 0 fully saturated rings. The Hall–Kier alpha value is -5.42. The molecule has 0 saturated carbocycles. The van der Waals surface area contributed by atoms with E-state index in [1.165, 1.54) is 23.5 Å². The molecular weight excluding hydrogens is 659 g/mol. The van der Waals surface area contributed by atoms with Crippen LogP contribution in [0.1, 0.15) is 25.0 Å². The number of rotatable bonds is 10. The Morgan fingerprint density at radius 2 is 1.66 bits per heavy atom. The molecule has 0 radical (unpaired) electrons. The topological polar surface area (TPSA) is 161 Å². The van der Waals surface area contributed by atoms with E-state index >= 15 is 0 Å². The fourth-order valence-electron chi connectivity index (χ4n) is 5.48. The van der Waals surface area contributed by atoms with E-state index in [-0.39, 0.29) is 42.8 Å². The van der Waals surface area contributed by atoms with Crippen LogP contribution < -0.4 is 20.1 Å². The summed E-state index contributed by atoms with van der Waals surface area (Å²) in [7, 11) is -2.47. The number of nitrogens with zero attached hydrogens (tertiary/aromatic N) is 3. The average molecular weight is 698 g/mol. The van der Waals surface area contributed by atoms with Gasteiger partial charge in [-0.25, -0.2) is 13.2 Å². The Balaban J connectivity index is 1.36. The van der Waals surface area contributed by atoms with Gasteiger partial charge in [0.2, 0.25) is 15.9 Å². The van der Waals surface area contributed by atoms with Crippen molar-refractivity contribution in [1.29, 1.82) is 5.26 Å². The van der Waals surface area contributed by atoms with Crippen LogP contribution in [0.5, 0.6) is 17.2 Å². The number of fused-ring (bicyclic) bond motifs is 1. The van der Waals surface area contributed by atoms with Gasteiger partial charge in [-0.2, -0.15) is 9.57 Å². The molecule has 3 N–H and O–H groups in total. The first-order valence-electron chi connectivity index (χ1n) is 16.0. The number of aliphatic hydroxyl groups excluding tert-OH is 1. The van der Waals surface area contributed by atoms with Crippen molar-refractivity contribution in [2.45, 2.75) is 37.3 Å². The molecule has 0 aromatic heterocycles. The zero-order chi connectivity index (χ0) is 35.8. The molecule has 12 nitrogen and oxygen atoms in total. The van der Waals surface area contributed by atoms with E-state index in [1.807, 2.05) is 31.2 Å². The molecule has 13 heteroatoms. The number of likely N-dealkylation sites (N-methyl/N-ethyl adjacent to an activating group) is 1. The number of urea groups is 1. The molecule has 4 aromatic rings. The maximum absolute atomic E-state index is 13.7. The third kappa shape index (κ3) is 8.78. The minimum atomic E-state index is -3.95. The van der Waals surface area contributed by atoms with Crippen LogP contribution in [0.3, 0.4) is 0 Å². The fourth-order valence-corrected chi connectivity index (χ4v) is 6.67. The van der Waals surface area contributed by atoms with Gasteiger partial charge in [0.25, 0.3) is 0 Å². The van der Waals surface area contributed by atoms with Crippen molar-refractivity contribution >= 4 is 33.3 Å². The van der Waals surface area contributed by atoms with Gasteiger partial charge in [-0.15, -0.1) is 0 Å². The van der Waals surface area contributed by atoms with Gasteiger partial charge < -0.3 is 30.1 Å². The molecule has 3 amide bonds. The third-order valence-electron chi connectivity index (χ3n) is 8.39. The number of carbonyl (C=O) groups excluding carboxylic acids is 2. The highest BCUT2D eigenvalue weighted by molar-refractivity contribution is 7.89. The highest BCUT2D eigenvalue weighted by atomic mass is 32.2. The first-order chi connectivity index (χ1) is 24.0. The molecule has 0 aliphatic carbocycles. The summed E-state index contributed by atoms with van der Waals surface area (Å²) >= 11 is 0. The highest BCUT2D eigenvalue weighted by Crippen LogP contribution is 2.30. The first kappa shape index (κ1) is 35.9. The molecule has 3 atom stereocenters. The number of ether oxygens (including phenoxy) is 2. The number of carbonyl (C=O) groups is 2. The number of hydrogen-bond acceptors (Lipinski definition) is 8. The van der Waals surface area contributed by atoms with E-state index in [1.54, 1.807) is 78.6 Å². The predicted molar refractivity (Wildman–Crippen MR) is 189 cm³/mol. The van der Waals surface area contributed by atoms with Crippen LogP contribution in [0, 0.1) is 17.2 Å². The highest BCUT2D eigenvalue weighted by Gasteiger charge is 2.33. The van der Waals surface area contributed by atoms with Gasteiger partial charge in [0.1, 0.15) is 23.4 Å². The number of hydrogen-bond donors (Lipinski definition) is 3. The van der Waals surface area contributed by atoms with Crippen molar-refractivity contribution in [2.24, 2.45) is 5.92 Å². The molecule has 5 rings (SSSR count). The van der Waals surface area contributed by atoms with Gasteiger partial charge in [0, 0.05) is 36.4 Å². The molecule has 50 heavy (non-hydrogen) atoms. The Morgan fingerprint density at radius 1 is 1.02 bits per heavy atom. The van der Waals surface area contributed by atoms with Crippen molar-refractivity contribution < 1.29 is 32.6 Å². The summed E-state index contributed by atoms with van der Waals surface area (Å²) in [5.74, 6) is 0.909. The lowest BCUT2D eigenvalue weighted by Gasteiger charge is -2.33. The quantitative estimate of drug-likeness (QED) is 0.197. The van der Waals surface area contributed by atoms with E-state index in [0.29, 0.717) is 39.8 Å². The number of nitrogens with one attached hydrogen (secondary N) is 2. The molecule has 4 aromatic carbocycles. The van der Waals surface area contributed by atoms with Crippen LogP contribution in [0.25, 0.3) is 0 Å². The van der Waals surface area contributed by atoms with Crippen LogP contribution >= 0.6 is 0 Å². The molecule has 0 bridgehead atoms. The lowest BCUT2D eigenvalue weighted by molar-refractivity contribution is -0.134. The lowest BCUT2D eigenvalue weighted by atomic mass is 10.0. The van der Waals surface area contributed by atoms with Gasteiger partial charge >= 0.3 is 6.03 Å². The molecule has 260 valence electrons. The Morgan fingerprint density at radius 3 is 2.32 bits per heavy atom. The van der Waals surface area contributed by atoms with Crippen molar-refractivity contribution in [3.63, 3.8) is 0 Å². The summed E-state index contributed by atoms with van der Waals surface area (Å²) in [6.07, 6.45) is -0.760. The maximum atomic E-state index is 13.7. The van der Waals surface area contributed by atoms with E-state index in [9.17, 15) is 23.1 Å². The zero-order valence-electron chi connectivity index (χ0n) is 27.9. The number of amides is 3. The Bertz CT molecular complexity index is 1950. The van der Waals surface area contributed by atoms with Gasteiger partial charge in [0.05, 0.1) is 42.1 Å². The molecule has 1 aliphatic rings. The van der Waals surface area contributed by atoms with Crippen LogP contribution in [-0.2, 0) is 21.2 Å². The second kappa shape index (κ2) is 15.9. The number of para-hydroxylation sites is 1. The number of aliphatic hydroxyl groups is 1. The third-order valence-corrected chi connectivity index (χ3v) is 10.2. The van der Waals surface area contributed by atoms with Crippen molar-refractivity contribution in [3.8, 4) is 23.3 Å². The van der Waals surface area contributed by atoms with Gasteiger partial charge in [-0.1, -0.05) is 25.1 Å². The number of anilines is 2. The van der Waals surface area contributed by atoms with E-state index in [0.717, 1.165) is 0 Å². The summed E-state index contributed by atoms with van der Waals surface area (Å²) in [5.41, 5.74) is 1.84.